The van der Waals surface area contributed by atoms with E-state index in [1.165, 1.54) is 6.07 Å². The van der Waals surface area contributed by atoms with E-state index in [2.05, 4.69) is 4.98 Å². The third kappa shape index (κ3) is 2.21. The standard InChI is InChI=1S/C16H12ClFN2/c1-9-6-10(2-4-14(9)18)13-8-11-7-12(17)3-5-15(11)20-16(13)19/h2-8H,1H3,(H2,19,20). The van der Waals surface area contributed by atoms with Gasteiger partial charge >= 0.3 is 0 Å². The summed E-state index contributed by atoms with van der Waals surface area (Å²) >= 11 is 5.99. The van der Waals surface area contributed by atoms with E-state index < -0.39 is 0 Å². The second-order valence-corrected chi connectivity index (χ2v) is 5.16. The number of benzene rings is 2. The molecule has 0 amide bonds. The van der Waals surface area contributed by atoms with Crippen molar-refractivity contribution in [3.05, 3.63) is 58.9 Å². The lowest BCUT2D eigenvalue weighted by Crippen LogP contribution is -1.96. The molecule has 2 aromatic carbocycles. The van der Waals surface area contributed by atoms with E-state index in [0.29, 0.717) is 16.4 Å². The number of hydrogen-bond donors (Lipinski definition) is 1. The van der Waals surface area contributed by atoms with Crippen molar-refractivity contribution in [2.45, 2.75) is 6.92 Å². The van der Waals surface area contributed by atoms with Gasteiger partial charge in [-0.1, -0.05) is 17.7 Å². The largest absolute Gasteiger partial charge is 0.383 e. The third-order valence-electron chi connectivity index (χ3n) is 3.28. The van der Waals surface area contributed by atoms with E-state index in [-0.39, 0.29) is 5.82 Å². The van der Waals surface area contributed by atoms with Gasteiger partial charge in [-0.3, -0.25) is 0 Å². The highest BCUT2D eigenvalue weighted by Gasteiger charge is 2.08. The predicted octanol–water partition coefficient (Wildman–Crippen LogP) is 4.58. The lowest BCUT2D eigenvalue weighted by atomic mass is 10.0. The zero-order chi connectivity index (χ0) is 14.3. The normalized spacial score (nSPS) is 10.9. The van der Waals surface area contributed by atoms with Crippen LogP contribution in [0.5, 0.6) is 0 Å². The number of nitrogen functional groups attached to an aromatic ring is 1. The maximum atomic E-state index is 13.4. The van der Waals surface area contributed by atoms with Crippen LogP contribution in [0.2, 0.25) is 5.02 Å². The van der Waals surface area contributed by atoms with Crippen molar-refractivity contribution in [1.82, 2.24) is 4.98 Å². The quantitative estimate of drug-likeness (QED) is 0.711. The molecule has 1 aromatic heterocycles. The minimum Gasteiger partial charge on any atom is -0.383 e. The zero-order valence-corrected chi connectivity index (χ0v) is 11.6. The summed E-state index contributed by atoms with van der Waals surface area (Å²) in [5.41, 5.74) is 8.99. The number of aromatic nitrogens is 1. The topological polar surface area (TPSA) is 38.9 Å². The molecule has 0 unspecified atom stereocenters. The Morgan fingerprint density at radius 3 is 2.65 bits per heavy atom. The fourth-order valence-corrected chi connectivity index (χ4v) is 2.39. The Kier molecular flexibility index (Phi) is 3.07. The van der Waals surface area contributed by atoms with Crippen LogP contribution in [0.25, 0.3) is 22.0 Å². The number of pyridine rings is 1. The van der Waals surface area contributed by atoms with Crippen LogP contribution in [0.4, 0.5) is 10.2 Å². The van der Waals surface area contributed by atoms with Gasteiger partial charge in [0.05, 0.1) is 5.52 Å². The monoisotopic (exact) mass is 286 g/mol. The minimum atomic E-state index is -0.232. The van der Waals surface area contributed by atoms with Gasteiger partial charge in [0.25, 0.3) is 0 Å². The molecule has 0 aliphatic heterocycles. The molecule has 0 saturated heterocycles. The smallest absolute Gasteiger partial charge is 0.131 e. The van der Waals surface area contributed by atoms with Gasteiger partial charge in [0.15, 0.2) is 0 Å². The Morgan fingerprint density at radius 1 is 1.10 bits per heavy atom. The molecule has 0 bridgehead atoms. The van der Waals surface area contributed by atoms with Gasteiger partial charge in [0, 0.05) is 16.0 Å². The molecular formula is C16H12ClFN2. The predicted molar refractivity (Wildman–Crippen MR) is 81.3 cm³/mol. The third-order valence-corrected chi connectivity index (χ3v) is 3.51. The Morgan fingerprint density at radius 2 is 1.90 bits per heavy atom. The van der Waals surface area contributed by atoms with Crippen LogP contribution in [0, 0.1) is 12.7 Å². The number of aryl methyl sites for hydroxylation is 1. The number of rotatable bonds is 1. The maximum absolute atomic E-state index is 13.4. The summed E-state index contributed by atoms with van der Waals surface area (Å²) in [5.74, 6) is 0.190. The van der Waals surface area contributed by atoms with Gasteiger partial charge in [0.1, 0.15) is 11.6 Å². The number of fused-ring (bicyclic) bond motifs is 1. The molecule has 3 aromatic rings. The molecule has 2 nitrogen and oxygen atoms in total. The number of nitrogens with two attached hydrogens (primary N) is 1. The Bertz CT molecular complexity index is 815. The van der Waals surface area contributed by atoms with Gasteiger partial charge < -0.3 is 5.73 Å². The fourth-order valence-electron chi connectivity index (χ4n) is 2.21. The number of anilines is 1. The van der Waals surface area contributed by atoms with Crippen molar-refractivity contribution in [3.8, 4) is 11.1 Å². The molecule has 0 atom stereocenters. The van der Waals surface area contributed by atoms with Crippen molar-refractivity contribution < 1.29 is 4.39 Å². The highest BCUT2D eigenvalue weighted by atomic mass is 35.5. The molecule has 0 aliphatic carbocycles. The first-order valence-electron chi connectivity index (χ1n) is 6.17. The summed E-state index contributed by atoms with van der Waals surface area (Å²) in [5, 5.41) is 1.55. The van der Waals surface area contributed by atoms with Crippen molar-refractivity contribution >= 4 is 28.3 Å². The van der Waals surface area contributed by atoms with Gasteiger partial charge in [-0.15, -0.1) is 0 Å². The van der Waals surface area contributed by atoms with E-state index >= 15 is 0 Å². The van der Waals surface area contributed by atoms with Crippen molar-refractivity contribution in [1.29, 1.82) is 0 Å². The molecule has 100 valence electrons. The van der Waals surface area contributed by atoms with Gasteiger partial charge in [-0.05, 0) is 54.4 Å². The van der Waals surface area contributed by atoms with Crippen molar-refractivity contribution in [2.24, 2.45) is 0 Å². The summed E-state index contributed by atoms with van der Waals surface area (Å²) in [4.78, 5) is 4.37. The Labute approximate surface area is 121 Å². The van der Waals surface area contributed by atoms with Crippen LogP contribution in [-0.4, -0.2) is 4.98 Å². The van der Waals surface area contributed by atoms with Crippen LogP contribution in [0.15, 0.2) is 42.5 Å². The first-order valence-corrected chi connectivity index (χ1v) is 6.55. The average molecular weight is 287 g/mol. The van der Waals surface area contributed by atoms with Gasteiger partial charge in [-0.2, -0.15) is 0 Å². The molecule has 0 fully saturated rings. The Balaban J connectivity index is 2.24. The van der Waals surface area contributed by atoms with Gasteiger partial charge in [-0.25, -0.2) is 9.37 Å². The molecule has 0 saturated carbocycles. The highest BCUT2D eigenvalue weighted by molar-refractivity contribution is 6.31. The van der Waals surface area contributed by atoms with E-state index in [0.717, 1.165) is 22.0 Å². The van der Waals surface area contributed by atoms with Crippen LogP contribution < -0.4 is 5.73 Å². The Hall–Kier alpha value is -2.13. The zero-order valence-electron chi connectivity index (χ0n) is 10.8. The minimum absolute atomic E-state index is 0.232. The fraction of sp³-hybridized carbons (Fsp3) is 0.0625. The van der Waals surface area contributed by atoms with Crippen LogP contribution >= 0.6 is 11.6 Å². The molecule has 0 spiro atoms. The van der Waals surface area contributed by atoms with E-state index in [9.17, 15) is 4.39 Å². The highest BCUT2D eigenvalue weighted by Crippen LogP contribution is 2.30. The van der Waals surface area contributed by atoms with E-state index in [1.54, 1.807) is 25.1 Å². The summed E-state index contributed by atoms with van der Waals surface area (Å²) in [6.45, 7) is 1.72. The lowest BCUT2D eigenvalue weighted by Gasteiger charge is -2.09. The molecular weight excluding hydrogens is 275 g/mol. The van der Waals surface area contributed by atoms with Crippen LogP contribution in [0.1, 0.15) is 5.56 Å². The van der Waals surface area contributed by atoms with Gasteiger partial charge in [0.2, 0.25) is 0 Å². The van der Waals surface area contributed by atoms with Crippen molar-refractivity contribution in [3.63, 3.8) is 0 Å². The summed E-state index contributed by atoms with van der Waals surface area (Å²) in [7, 11) is 0. The molecule has 1 heterocycles. The van der Waals surface area contributed by atoms with E-state index in [4.69, 9.17) is 17.3 Å². The average Bonchev–Trinajstić information content (AvgIpc) is 2.42. The second kappa shape index (κ2) is 4.76. The molecule has 0 radical (unpaired) electrons. The molecule has 20 heavy (non-hydrogen) atoms. The van der Waals surface area contributed by atoms with Crippen LogP contribution in [0.3, 0.4) is 0 Å². The van der Waals surface area contributed by atoms with Crippen LogP contribution in [-0.2, 0) is 0 Å². The van der Waals surface area contributed by atoms with Crippen molar-refractivity contribution in [2.75, 3.05) is 5.73 Å². The number of hydrogen-bond acceptors (Lipinski definition) is 2. The summed E-state index contributed by atoms with van der Waals surface area (Å²) in [6.07, 6.45) is 0. The summed E-state index contributed by atoms with van der Waals surface area (Å²) in [6, 6.07) is 12.3. The molecule has 0 aliphatic rings. The lowest BCUT2D eigenvalue weighted by molar-refractivity contribution is 0.619. The number of nitrogens with zero attached hydrogens (tertiary/aromatic N) is 1. The molecule has 3 rings (SSSR count). The molecule has 2 N–H and O–H groups in total. The first-order chi connectivity index (χ1) is 9.54. The second-order valence-electron chi connectivity index (χ2n) is 4.72. The SMILES string of the molecule is Cc1cc(-c2cc3cc(Cl)ccc3nc2N)ccc1F. The first kappa shape index (κ1) is 12.9. The maximum Gasteiger partial charge on any atom is 0.131 e. The summed E-state index contributed by atoms with van der Waals surface area (Å²) < 4.78 is 13.4. The number of halogens is 2. The van der Waals surface area contributed by atoms with E-state index in [1.807, 2.05) is 18.2 Å². The molecule has 4 heteroatoms.